The Balaban J connectivity index is 2.44. The number of hydrogen-bond acceptors (Lipinski definition) is 2. The van der Waals surface area contributed by atoms with Gasteiger partial charge in [0.2, 0.25) is 0 Å². The van der Waals surface area contributed by atoms with Gasteiger partial charge in [-0.2, -0.15) is 0 Å². The number of fused-ring (bicyclic) bond motifs is 5. The number of carbonyl (C=O) groups is 1. The number of carboxylic acid groups (broad SMARTS) is 1. The van der Waals surface area contributed by atoms with Gasteiger partial charge in [-0.25, -0.2) is 9.36 Å². The summed E-state index contributed by atoms with van der Waals surface area (Å²) in [7, 11) is 0. The minimum Gasteiger partial charge on any atom is -0.464 e. The predicted octanol–water partition coefficient (Wildman–Crippen LogP) is 3.50. The van der Waals surface area contributed by atoms with Gasteiger partial charge in [-0.05, 0) is 30.2 Å². The molecule has 2 heterocycles. The summed E-state index contributed by atoms with van der Waals surface area (Å²) in [6.45, 7) is 2.02. The molecule has 5 heteroatoms. The first-order chi connectivity index (χ1) is 11.1. The predicted molar refractivity (Wildman–Crippen MR) is 89.5 cm³/mol. The number of nitrogens with zero attached hydrogens (tertiary/aromatic N) is 2. The molecule has 5 nitrogen and oxygen atoms in total. The molecular weight excluding hydrogens is 292 g/mol. The summed E-state index contributed by atoms with van der Waals surface area (Å²) in [5.41, 5.74) is 2.95. The van der Waals surface area contributed by atoms with Gasteiger partial charge < -0.3 is 9.51 Å². The highest BCUT2D eigenvalue weighted by atomic mass is 16.4. The number of aromatic nitrogens is 2. The van der Waals surface area contributed by atoms with Gasteiger partial charge >= 0.3 is 6.09 Å². The molecule has 0 spiro atoms. The zero-order valence-corrected chi connectivity index (χ0v) is 12.5. The summed E-state index contributed by atoms with van der Waals surface area (Å²) in [5, 5.41) is 10.4. The second kappa shape index (κ2) is 4.71. The molecule has 0 aliphatic carbocycles. The van der Waals surface area contributed by atoms with E-state index >= 15 is 0 Å². The fourth-order valence-electron chi connectivity index (χ4n) is 3.27. The van der Waals surface area contributed by atoms with Crippen LogP contribution in [0.1, 0.15) is 12.5 Å². The standard InChI is InChI=1S/C18H14N2O3/c1-2-11-7-5-9-14-16(11)19-13-8-4-3-6-12(13)10-15(19)17(21)20(14)18(22)23/h3-10H,2H2,1H3,(H,22,23). The van der Waals surface area contributed by atoms with Crippen molar-refractivity contribution in [2.24, 2.45) is 0 Å². The van der Waals surface area contributed by atoms with Crippen molar-refractivity contribution in [2.75, 3.05) is 0 Å². The number of benzene rings is 2. The smallest absolute Gasteiger partial charge is 0.419 e. The van der Waals surface area contributed by atoms with Crippen LogP contribution in [-0.4, -0.2) is 20.2 Å². The van der Waals surface area contributed by atoms with E-state index in [9.17, 15) is 14.7 Å². The molecule has 0 fully saturated rings. The highest BCUT2D eigenvalue weighted by Gasteiger charge is 2.18. The van der Waals surface area contributed by atoms with Crippen LogP contribution in [0, 0.1) is 0 Å². The molecule has 0 unspecified atom stereocenters. The van der Waals surface area contributed by atoms with Crippen LogP contribution in [0.15, 0.2) is 53.3 Å². The fraction of sp³-hybridized carbons (Fsp3) is 0.111. The van der Waals surface area contributed by atoms with E-state index in [-0.39, 0.29) is 0 Å². The molecule has 4 aromatic rings. The van der Waals surface area contributed by atoms with E-state index in [4.69, 9.17) is 0 Å². The summed E-state index contributed by atoms with van der Waals surface area (Å²) >= 11 is 0. The van der Waals surface area contributed by atoms with Crippen molar-refractivity contribution in [3.05, 3.63) is 64.4 Å². The Morgan fingerprint density at radius 1 is 1.04 bits per heavy atom. The fourth-order valence-corrected chi connectivity index (χ4v) is 3.27. The minimum atomic E-state index is -1.26. The van der Waals surface area contributed by atoms with Gasteiger partial charge in [-0.3, -0.25) is 4.79 Å². The van der Waals surface area contributed by atoms with E-state index in [0.29, 0.717) is 11.0 Å². The second-order valence-electron chi connectivity index (χ2n) is 5.49. The third-order valence-electron chi connectivity index (χ3n) is 4.27. The molecule has 1 N–H and O–H groups in total. The van der Waals surface area contributed by atoms with Crippen molar-refractivity contribution in [1.82, 2.24) is 8.97 Å². The van der Waals surface area contributed by atoms with Crippen LogP contribution in [0.5, 0.6) is 0 Å². The van der Waals surface area contributed by atoms with Crippen LogP contribution in [0.2, 0.25) is 0 Å². The average Bonchev–Trinajstić information content (AvgIpc) is 2.94. The van der Waals surface area contributed by atoms with Crippen molar-refractivity contribution in [1.29, 1.82) is 0 Å². The molecule has 0 atom stereocenters. The molecule has 0 aliphatic heterocycles. The Hall–Kier alpha value is -3.08. The van der Waals surface area contributed by atoms with E-state index in [2.05, 4.69) is 0 Å². The highest BCUT2D eigenvalue weighted by molar-refractivity contribution is 5.97. The molecule has 2 aromatic carbocycles. The first kappa shape index (κ1) is 13.6. The molecular formula is C18H14N2O3. The van der Waals surface area contributed by atoms with Crippen molar-refractivity contribution in [3.63, 3.8) is 0 Å². The summed E-state index contributed by atoms with van der Waals surface area (Å²) in [5.74, 6) is 0. The zero-order valence-electron chi connectivity index (χ0n) is 12.5. The van der Waals surface area contributed by atoms with E-state index < -0.39 is 11.7 Å². The Morgan fingerprint density at radius 2 is 1.78 bits per heavy atom. The summed E-state index contributed by atoms with van der Waals surface area (Å²) in [6, 6.07) is 14.9. The van der Waals surface area contributed by atoms with Crippen LogP contribution in [0.3, 0.4) is 0 Å². The molecule has 4 rings (SSSR count). The van der Waals surface area contributed by atoms with Crippen LogP contribution in [-0.2, 0) is 6.42 Å². The third-order valence-corrected chi connectivity index (χ3v) is 4.27. The normalized spacial score (nSPS) is 11.5. The quantitative estimate of drug-likeness (QED) is 0.585. The van der Waals surface area contributed by atoms with E-state index in [0.717, 1.165) is 33.0 Å². The SMILES string of the molecule is CCc1cccc2c1n1c(cc3ccccc31)c(=O)n2C(=O)O. The van der Waals surface area contributed by atoms with Gasteiger partial charge in [0.15, 0.2) is 0 Å². The maximum atomic E-state index is 12.7. The van der Waals surface area contributed by atoms with E-state index in [1.807, 2.05) is 41.7 Å². The van der Waals surface area contributed by atoms with Gasteiger partial charge in [-0.1, -0.05) is 37.3 Å². The number of aryl methyl sites for hydroxylation is 1. The van der Waals surface area contributed by atoms with Gasteiger partial charge in [0, 0.05) is 5.39 Å². The van der Waals surface area contributed by atoms with Crippen LogP contribution in [0.4, 0.5) is 4.79 Å². The number of hydrogen-bond donors (Lipinski definition) is 1. The van der Waals surface area contributed by atoms with Crippen LogP contribution < -0.4 is 5.56 Å². The molecule has 114 valence electrons. The van der Waals surface area contributed by atoms with Crippen molar-refractivity contribution in [3.8, 4) is 0 Å². The van der Waals surface area contributed by atoms with Crippen molar-refractivity contribution < 1.29 is 9.90 Å². The largest absolute Gasteiger partial charge is 0.464 e. The van der Waals surface area contributed by atoms with Gasteiger partial charge in [0.25, 0.3) is 5.56 Å². The molecule has 0 saturated carbocycles. The Labute approximate surface area is 131 Å². The summed E-state index contributed by atoms with van der Waals surface area (Å²) in [6.07, 6.45) is -0.516. The summed E-state index contributed by atoms with van der Waals surface area (Å²) < 4.78 is 2.72. The lowest BCUT2D eigenvalue weighted by atomic mass is 10.1. The van der Waals surface area contributed by atoms with Crippen LogP contribution >= 0.6 is 0 Å². The minimum absolute atomic E-state index is 0.377. The monoisotopic (exact) mass is 306 g/mol. The molecule has 0 radical (unpaired) electrons. The first-order valence-corrected chi connectivity index (χ1v) is 7.43. The molecule has 0 saturated heterocycles. The lowest BCUT2D eigenvalue weighted by molar-refractivity contribution is 0.196. The van der Waals surface area contributed by atoms with Crippen molar-refractivity contribution >= 4 is 33.5 Å². The van der Waals surface area contributed by atoms with Gasteiger partial charge in [0.05, 0.1) is 16.6 Å². The molecule has 2 aromatic heterocycles. The lowest BCUT2D eigenvalue weighted by Crippen LogP contribution is -2.28. The number of rotatable bonds is 1. The third kappa shape index (κ3) is 1.73. The second-order valence-corrected chi connectivity index (χ2v) is 5.49. The van der Waals surface area contributed by atoms with E-state index in [1.54, 1.807) is 18.2 Å². The highest BCUT2D eigenvalue weighted by Crippen LogP contribution is 2.26. The van der Waals surface area contributed by atoms with Crippen LogP contribution in [0.25, 0.3) is 27.5 Å². The topological polar surface area (TPSA) is 63.7 Å². The summed E-state index contributed by atoms with van der Waals surface area (Å²) in [4.78, 5) is 24.4. The Morgan fingerprint density at radius 3 is 2.52 bits per heavy atom. The molecule has 0 amide bonds. The first-order valence-electron chi connectivity index (χ1n) is 7.43. The molecule has 23 heavy (non-hydrogen) atoms. The maximum Gasteiger partial charge on any atom is 0.419 e. The van der Waals surface area contributed by atoms with E-state index in [1.165, 1.54) is 0 Å². The van der Waals surface area contributed by atoms with Gasteiger partial charge in [-0.15, -0.1) is 0 Å². The molecule has 0 bridgehead atoms. The Kier molecular flexibility index (Phi) is 2.78. The maximum absolute atomic E-state index is 12.7. The lowest BCUT2D eigenvalue weighted by Gasteiger charge is -2.12. The van der Waals surface area contributed by atoms with Crippen molar-refractivity contribution in [2.45, 2.75) is 13.3 Å². The zero-order chi connectivity index (χ0) is 16.1. The average molecular weight is 306 g/mol. The number of para-hydroxylation sites is 2. The molecule has 0 aliphatic rings. The van der Waals surface area contributed by atoms with Gasteiger partial charge in [0.1, 0.15) is 5.52 Å². The Bertz CT molecular complexity index is 1150.